The van der Waals surface area contributed by atoms with Crippen molar-refractivity contribution in [2.75, 3.05) is 26.3 Å². The van der Waals surface area contributed by atoms with Crippen molar-refractivity contribution in [1.29, 1.82) is 0 Å². The van der Waals surface area contributed by atoms with E-state index in [1.165, 1.54) is 0 Å². The lowest BCUT2D eigenvalue weighted by molar-refractivity contribution is -0.126. The molecule has 2 aromatic rings. The van der Waals surface area contributed by atoms with Gasteiger partial charge in [0.25, 0.3) is 5.91 Å². The standard InChI is InChI=1S/C29H38N2O5/c1-5-17-35-25-12-11-22(19-26(25)36-18-6-2)27(32)23-9-7-8-10-24(23)29(34)31-15-13-21(14-16-31)28(33)30-20(3)4/h7-12,19-21H,5-6,13-18H2,1-4H3,(H,30,33). The van der Waals surface area contributed by atoms with Crippen LogP contribution in [0.2, 0.25) is 0 Å². The molecule has 1 saturated heterocycles. The summed E-state index contributed by atoms with van der Waals surface area (Å²) in [7, 11) is 0. The van der Waals surface area contributed by atoms with Crippen molar-refractivity contribution in [3.63, 3.8) is 0 Å². The van der Waals surface area contributed by atoms with Gasteiger partial charge in [-0.3, -0.25) is 14.4 Å². The minimum atomic E-state index is -0.242. The second-order valence-electron chi connectivity index (χ2n) is 9.46. The van der Waals surface area contributed by atoms with Crippen molar-refractivity contribution in [3.8, 4) is 11.5 Å². The van der Waals surface area contributed by atoms with Gasteiger partial charge in [0.2, 0.25) is 5.91 Å². The van der Waals surface area contributed by atoms with Crippen LogP contribution in [0.4, 0.5) is 0 Å². The predicted octanol–water partition coefficient (Wildman–Crippen LogP) is 4.87. The Morgan fingerprint density at radius 2 is 1.53 bits per heavy atom. The molecule has 2 amide bonds. The number of nitrogens with zero attached hydrogens (tertiary/aromatic N) is 1. The summed E-state index contributed by atoms with van der Waals surface area (Å²) in [5, 5.41) is 2.96. The van der Waals surface area contributed by atoms with E-state index in [-0.39, 0.29) is 29.6 Å². The molecule has 1 N–H and O–H groups in total. The maximum atomic E-state index is 13.5. The number of carbonyl (C=O) groups excluding carboxylic acids is 3. The molecule has 2 aromatic carbocycles. The lowest BCUT2D eigenvalue weighted by atomic mass is 9.93. The van der Waals surface area contributed by atoms with Gasteiger partial charge < -0.3 is 19.7 Å². The third-order valence-corrected chi connectivity index (χ3v) is 6.12. The Bertz CT molecular complexity index is 1060. The van der Waals surface area contributed by atoms with Crippen molar-refractivity contribution < 1.29 is 23.9 Å². The van der Waals surface area contributed by atoms with Gasteiger partial charge in [0, 0.05) is 36.2 Å². The molecular formula is C29H38N2O5. The lowest BCUT2D eigenvalue weighted by Gasteiger charge is -2.32. The fourth-order valence-corrected chi connectivity index (χ4v) is 4.25. The Morgan fingerprint density at radius 1 is 0.917 bits per heavy atom. The highest BCUT2D eigenvalue weighted by Gasteiger charge is 2.30. The van der Waals surface area contributed by atoms with Crippen LogP contribution in [0.3, 0.4) is 0 Å². The molecular weight excluding hydrogens is 456 g/mol. The summed E-state index contributed by atoms with van der Waals surface area (Å²) in [6, 6.07) is 12.2. The quantitative estimate of drug-likeness (QED) is 0.451. The van der Waals surface area contributed by atoms with Crippen LogP contribution in [0.25, 0.3) is 0 Å². The average Bonchev–Trinajstić information content (AvgIpc) is 2.89. The monoisotopic (exact) mass is 494 g/mol. The number of ether oxygens (including phenoxy) is 2. The van der Waals surface area contributed by atoms with Crippen LogP contribution in [0.5, 0.6) is 11.5 Å². The maximum absolute atomic E-state index is 13.5. The van der Waals surface area contributed by atoms with Crippen LogP contribution in [-0.4, -0.2) is 54.8 Å². The molecule has 0 radical (unpaired) electrons. The summed E-state index contributed by atoms with van der Waals surface area (Å²) in [6.45, 7) is 9.96. The number of likely N-dealkylation sites (tertiary alicyclic amines) is 1. The SMILES string of the molecule is CCCOc1ccc(C(=O)c2ccccc2C(=O)N2CCC(C(=O)NC(C)C)CC2)cc1OCCC. The number of nitrogens with one attached hydrogen (secondary N) is 1. The summed E-state index contributed by atoms with van der Waals surface area (Å²) in [4.78, 5) is 41.0. The molecule has 36 heavy (non-hydrogen) atoms. The number of piperidine rings is 1. The number of hydrogen-bond donors (Lipinski definition) is 1. The van der Waals surface area contributed by atoms with E-state index in [0.29, 0.717) is 67.3 Å². The van der Waals surface area contributed by atoms with Gasteiger partial charge in [0.05, 0.1) is 18.8 Å². The van der Waals surface area contributed by atoms with E-state index in [1.807, 2.05) is 27.7 Å². The van der Waals surface area contributed by atoms with Gasteiger partial charge in [-0.2, -0.15) is 0 Å². The highest BCUT2D eigenvalue weighted by Crippen LogP contribution is 2.30. The van der Waals surface area contributed by atoms with Crippen molar-refractivity contribution >= 4 is 17.6 Å². The molecule has 0 aliphatic carbocycles. The minimum Gasteiger partial charge on any atom is -0.490 e. The molecule has 0 saturated carbocycles. The molecule has 0 unspecified atom stereocenters. The molecule has 0 spiro atoms. The van der Waals surface area contributed by atoms with Crippen molar-refractivity contribution in [2.24, 2.45) is 5.92 Å². The minimum absolute atomic E-state index is 0.0418. The largest absolute Gasteiger partial charge is 0.490 e. The van der Waals surface area contributed by atoms with Crippen LogP contribution in [-0.2, 0) is 4.79 Å². The summed E-state index contributed by atoms with van der Waals surface area (Å²) < 4.78 is 11.6. The van der Waals surface area contributed by atoms with Gasteiger partial charge in [0.15, 0.2) is 17.3 Å². The van der Waals surface area contributed by atoms with Crippen LogP contribution >= 0.6 is 0 Å². The Hall–Kier alpha value is -3.35. The number of carbonyl (C=O) groups is 3. The molecule has 1 fully saturated rings. The van der Waals surface area contributed by atoms with E-state index < -0.39 is 0 Å². The summed E-state index contributed by atoms with van der Waals surface area (Å²) >= 11 is 0. The molecule has 194 valence electrons. The van der Waals surface area contributed by atoms with E-state index in [1.54, 1.807) is 47.4 Å². The predicted molar refractivity (Wildman–Crippen MR) is 140 cm³/mol. The van der Waals surface area contributed by atoms with Crippen LogP contribution in [0, 0.1) is 5.92 Å². The normalized spacial score (nSPS) is 14.0. The highest BCUT2D eigenvalue weighted by molar-refractivity contribution is 6.15. The molecule has 1 aliphatic rings. The Labute approximate surface area is 214 Å². The van der Waals surface area contributed by atoms with Gasteiger partial charge in [-0.05, 0) is 63.8 Å². The third-order valence-electron chi connectivity index (χ3n) is 6.12. The van der Waals surface area contributed by atoms with E-state index >= 15 is 0 Å². The number of ketones is 1. The molecule has 3 rings (SSSR count). The van der Waals surface area contributed by atoms with Crippen molar-refractivity contribution in [3.05, 3.63) is 59.2 Å². The Balaban J connectivity index is 1.78. The zero-order chi connectivity index (χ0) is 26.1. The first-order valence-corrected chi connectivity index (χ1v) is 13.0. The Morgan fingerprint density at radius 3 is 2.14 bits per heavy atom. The van der Waals surface area contributed by atoms with Gasteiger partial charge in [-0.25, -0.2) is 0 Å². The van der Waals surface area contributed by atoms with Crippen molar-refractivity contribution in [1.82, 2.24) is 10.2 Å². The topological polar surface area (TPSA) is 84.9 Å². The first-order valence-electron chi connectivity index (χ1n) is 13.0. The Kier molecular flexibility index (Phi) is 9.91. The van der Waals surface area contributed by atoms with Crippen LogP contribution < -0.4 is 14.8 Å². The van der Waals surface area contributed by atoms with Crippen molar-refractivity contribution in [2.45, 2.75) is 59.4 Å². The first-order chi connectivity index (χ1) is 17.3. The smallest absolute Gasteiger partial charge is 0.254 e. The fourth-order valence-electron chi connectivity index (χ4n) is 4.25. The van der Waals surface area contributed by atoms with Crippen LogP contribution in [0.15, 0.2) is 42.5 Å². The first kappa shape index (κ1) is 27.2. The average molecular weight is 495 g/mol. The third kappa shape index (κ3) is 6.86. The lowest BCUT2D eigenvalue weighted by Crippen LogP contribution is -2.44. The summed E-state index contributed by atoms with van der Waals surface area (Å²) in [5.41, 5.74) is 1.16. The van der Waals surface area contributed by atoms with E-state index in [4.69, 9.17) is 9.47 Å². The molecule has 0 atom stereocenters. The molecule has 7 heteroatoms. The maximum Gasteiger partial charge on any atom is 0.254 e. The van der Waals surface area contributed by atoms with Gasteiger partial charge in [0.1, 0.15) is 0 Å². The van der Waals surface area contributed by atoms with E-state index in [9.17, 15) is 14.4 Å². The number of hydrogen-bond acceptors (Lipinski definition) is 5. The summed E-state index contributed by atoms with van der Waals surface area (Å²) in [5.74, 6) is 0.654. The summed E-state index contributed by atoms with van der Waals surface area (Å²) in [6.07, 6.45) is 2.91. The zero-order valence-corrected chi connectivity index (χ0v) is 21.8. The molecule has 1 heterocycles. The second-order valence-corrected chi connectivity index (χ2v) is 9.46. The zero-order valence-electron chi connectivity index (χ0n) is 21.8. The van der Waals surface area contributed by atoms with Crippen LogP contribution in [0.1, 0.15) is 79.7 Å². The van der Waals surface area contributed by atoms with Gasteiger partial charge in [-0.15, -0.1) is 0 Å². The van der Waals surface area contributed by atoms with E-state index in [2.05, 4.69) is 5.32 Å². The highest BCUT2D eigenvalue weighted by atomic mass is 16.5. The van der Waals surface area contributed by atoms with Gasteiger partial charge in [-0.1, -0.05) is 32.0 Å². The molecule has 7 nitrogen and oxygen atoms in total. The van der Waals surface area contributed by atoms with Gasteiger partial charge >= 0.3 is 0 Å². The molecule has 1 aliphatic heterocycles. The number of amides is 2. The molecule has 0 aromatic heterocycles. The molecule has 0 bridgehead atoms. The second kappa shape index (κ2) is 13.1. The number of benzene rings is 2. The fraction of sp³-hybridized carbons (Fsp3) is 0.483. The van der Waals surface area contributed by atoms with E-state index in [0.717, 1.165) is 12.8 Å². The number of rotatable bonds is 11.